The molecule has 0 radical (unpaired) electrons. The molecule has 0 fully saturated rings. The average Bonchev–Trinajstić information content (AvgIpc) is 2.94. The molecule has 7 aromatic rings. The SMILES string of the molecule is Brc1ccc(C2c3c(ccc4cc5ccccc5cc34)Nc3ccc4cc5ccccc5cc4c32)cc1. The highest BCUT2D eigenvalue weighted by molar-refractivity contribution is 9.10. The third-order valence-electron chi connectivity index (χ3n) is 7.91. The van der Waals surface area contributed by atoms with Crippen molar-refractivity contribution in [3.63, 3.8) is 0 Å². The second-order valence-corrected chi connectivity index (χ2v) is 10.9. The van der Waals surface area contributed by atoms with Crippen LogP contribution in [0.1, 0.15) is 22.6 Å². The molecule has 37 heavy (non-hydrogen) atoms. The molecule has 0 unspecified atom stereocenters. The van der Waals surface area contributed by atoms with Crippen LogP contribution >= 0.6 is 15.9 Å². The van der Waals surface area contributed by atoms with Gasteiger partial charge in [0.25, 0.3) is 0 Å². The second-order valence-electron chi connectivity index (χ2n) is 10.0. The fourth-order valence-corrected chi connectivity index (χ4v) is 6.46. The summed E-state index contributed by atoms with van der Waals surface area (Å²) in [5.41, 5.74) is 6.36. The van der Waals surface area contributed by atoms with E-state index in [0.717, 1.165) is 4.47 Å². The maximum Gasteiger partial charge on any atom is 0.0433 e. The molecular formula is C35H22BrN. The Kier molecular flexibility index (Phi) is 4.50. The van der Waals surface area contributed by atoms with Gasteiger partial charge >= 0.3 is 0 Å². The Labute approximate surface area is 223 Å². The standard InChI is InChI=1S/C35H22BrN/c36-28-13-9-21(10-14-28)33-34-29-19-24-7-3-1-5-22(24)17-26(29)11-15-31(34)37-32-16-12-27-18-23-6-2-4-8-25(23)20-30(27)35(32)33/h1-20,33,37H. The molecule has 0 saturated heterocycles. The molecule has 0 aliphatic carbocycles. The quantitative estimate of drug-likeness (QED) is 0.206. The molecule has 1 heterocycles. The van der Waals surface area contributed by atoms with E-state index in [4.69, 9.17) is 0 Å². The van der Waals surface area contributed by atoms with Gasteiger partial charge in [0.05, 0.1) is 0 Å². The van der Waals surface area contributed by atoms with Crippen LogP contribution in [-0.4, -0.2) is 0 Å². The highest BCUT2D eigenvalue weighted by Crippen LogP contribution is 2.51. The van der Waals surface area contributed by atoms with Crippen molar-refractivity contribution in [1.29, 1.82) is 0 Å². The van der Waals surface area contributed by atoms with E-state index < -0.39 is 0 Å². The van der Waals surface area contributed by atoms with Crippen LogP contribution in [-0.2, 0) is 0 Å². The largest absolute Gasteiger partial charge is 0.355 e. The number of hydrogen-bond donors (Lipinski definition) is 1. The van der Waals surface area contributed by atoms with Gasteiger partial charge < -0.3 is 5.32 Å². The number of fused-ring (bicyclic) bond motifs is 8. The third-order valence-corrected chi connectivity index (χ3v) is 8.43. The lowest BCUT2D eigenvalue weighted by atomic mass is 9.76. The molecule has 1 nitrogen and oxygen atoms in total. The predicted octanol–water partition coefficient (Wildman–Crippen LogP) is 10.3. The Morgan fingerprint density at radius 2 is 0.919 bits per heavy atom. The summed E-state index contributed by atoms with van der Waals surface area (Å²) in [5, 5.41) is 14.1. The molecule has 7 aromatic carbocycles. The van der Waals surface area contributed by atoms with E-state index in [-0.39, 0.29) is 5.92 Å². The fraction of sp³-hybridized carbons (Fsp3) is 0.0286. The molecule has 0 amide bonds. The maximum absolute atomic E-state index is 3.82. The van der Waals surface area contributed by atoms with E-state index in [2.05, 4.69) is 143 Å². The fourth-order valence-electron chi connectivity index (χ4n) is 6.19. The molecule has 2 heteroatoms. The highest BCUT2D eigenvalue weighted by atomic mass is 79.9. The van der Waals surface area contributed by atoms with Crippen molar-refractivity contribution in [3.05, 3.63) is 142 Å². The summed E-state index contributed by atoms with van der Waals surface area (Å²) in [7, 11) is 0. The normalized spacial score (nSPS) is 13.1. The number of halogens is 1. The van der Waals surface area contributed by atoms with E-state index in [0.29, 0.717) is 0 Å². The van der Waals surface area contributed by atoms with Crippen molar-refractivity contribution >= 4 is 70.4 Å². The van der Waals surface area contributed by atoms with E-state index in [9.17, 15) is 0 Å². The number of rotatable bonds is 1. The van der Waals surface area contributed by atoms with Crippen molar-refractivity contribution < 1.29 is 0 Å². The van der Waals surface area contributed by atoms with Crippen molar-refractivity contribution in [1.82, 2.24) is 0 Å². The number of anilines is 2. The minimum Gasteiger partial charge on any atom is -0.355 e. The molecule has 0 atom stereocenters. The molecule has 0 saturated carbocycles. The summed E-state index contributed by atoms with van der Waals surface area (Å²) in [6, 6.07) is 44.6. The molecule has 8 rings (SSSR count). The molecule has 1 aliphatic rings. The summed E-state index contributed by atoms with van der Waals surface area (Å²) in [5.74, 6) is 0.106. The van der Waals surface area contributed by atoms with Gasteiger partial charge in [0.15, 0.2) is 0 Å². The van der Waals surface area contributed by atoms with Crippen LogP contribution in [0.5, 0.6) is 0 Å². The van der Waals surface area contributed by atoms with E-state index in [1.807, 2.05) is 0 Å². The summed E-state index contributed by atoms with van der Waals surface area (Å²) in [6.45, 7) is 0. The zero-order chi connectivity index (χ0) is 24.5. The monoisotopic (exact) mass is 535 g/mol. The molecule has 1 N–H and O–H groups in total. The van der Waals surface area contributed by atoms with Gasteiger partial charge in [-0.1, -0.05) is 88.7 Å². The molecule has 0 spiro atoms. The molecule has 0 aromatic heterocycles. The lowest BCUT2D eigenvalue weighted by Crippen LogP contribution is -2.15. The van der Waals surface area contributed by atoms with Crippen molar-refractivity contribution in [2.45, 2.75) is 5.92 Å². The van der Waals surface area contributed by atoms with Gasteiger partial charge in [0.1, 0.15) is 0 Å². The van der Waals surface area contributed by atoms with E-state index >= 15 is 0 Å². The van der Waals surface area contributed by atoms with Gasteiger partial charge in [-0.25, -0.2) is 0 Å². The highest BCUT2D eigenvalue weighted by Gasteiger charge is 2.30. The van der Waals surface area contributed by atoms with Gasteiger partial charge in [-0.05, 0) is 108 Å². The Hall–Kier alpha value is -4.14. The molecule has 0 bridgehead atoms. The molecule has 1 aliphatic heterocycles. The van der Waals surface area contributed by atoms with Crippen LogP contribution < -0.4 is 5.32 Å². The van der Waals surface area contributed by atoms with Gasteiger partial charge in [-0.15, -0.1) is 0 Å². The zero-order valence-electron chi connectivity index (χ0n) is 20.0. The van der Waals surface area contributed by atoms with Gasteiger partial charge in [-0.3, -0.25) is 0 Å². The van der Waals surface area contributed by atoms with Crippen molar-refractivity contribution in [3.8, 4) is 0 Å². The zero-order valence-corrected chi connectivity index (χ0v) is 21.6. The van der Waals surface area contributed by atoms with Crippen LogP contribution in [0.2, 0.25) is 0 Å². The minimum atomic E-state index is 0.106. The van der Waals surface area contributed by atoms with Crippen LogP contribution in [0.25, 0.3) is 43.1 Å². The Bertz CT molecular complexity index is 1900. The first-order chi connectivity index (χ1) is 18.2. The second kappa shape index (κ2) is 7.93. The third kappa shape index (κ3) is 3.22. The maximum atomic E-state index is 3.82. The van der Waals surface area contributed by atoms with Gasteiger partial charge in [0, 0.05) is 21.8 Å². The molecule has 174 valence electrons. The van der Waals surface area contributed by atoms with Crippen LogP contribution in [0.4, 0.5) is 11.4 Å². The van der Waals surface area contributed by atoms with E-state index in [1.54, 1.807) is 0 Å². The summed E-state index contributed by atoms with van der Waals surface area (Å²) < 4.78 is 1.10. The lowest BCUT2D eigenvalue weighted by molar-refractivity contribution is 0.988. The van der Waals surface area contributed by atoms with Crippen molar-refractivity contribution in [2.75, 3.05) is 5.32 Å². The van der Waals surface area contributed by atoms with Crippen LogP contribution in [0.3, 0.4) is 0 Å². The predicted molar refractivity (Wildman–Crippen MR) is 161 cm³/mol. The molecular weight excluding hydrogens is 514 g/mol. The van der Waals surface area contributed by atoms with Gasteiger partial charge in [0.2, 0.25) is 0 Å². The van der Waals surface area contributed by atoms with Crippen molar-refractivity contribution in [2.24, 2.45) is 0 Å². The summed E-state index contributed by atoms with van der Waals surface area (Å²) in [6.07, 6.45) is 0. The Balaban J connectivity index is 1.51. The number of nitrogens with one attached hydrogen (secondary N) is 1. The first kappa shape index (κ1) is 21.0. The Morgan fingerprint density at radius 1 is 0.459 bits per heavy atom. The average molecular weight is 536 g/mol. The van der Waals surface area contributed by atoms with Crippen LogP contribution in [0, 0.1) is 0 Å². The minimum absolute atomic E-state index is 0.106. The van der Waals surface area contributed by atoms with Gasteiger partial charge in [-0.2, -0.15) is 0 Å². The lowest BCUT2D eigenvalue weighted by Gasteiger charge is -2.32. The Morgan fingerprint density at radius 3 is 1.41 bits per heavy atom. The first-order valence-corrected chi connectivity index (χ1v) is 13.5. The van der Waals surface area contributed by atoms with E-state index in [1.165, 1.54) is 71.2 Å². The topological polar surface area (TPSA) is 12.0 Å². The smallest absolute Gasteiger partial charge is 0.0433 e. The number of benzene rings is 7. The summed E-state index contributed by atoms with van der Waals surface area (Å²) >= 11 is 3.65. The first-order valence-electron chi connectivity index (χ1n) is 12.7. The summed E-state index contributed by atoms with van der Waals surface area (Å²) in [4.78, 5) is 0. The number of hydrogen-bond acceptors (Lipinski definition) is 1. The van der Waals surface area contributed by atoms with Crippen LogP contribution in [0.15, 0.2) is 126 Å².